The summed E-state index contributed by atoms with van der Waals surface area (Å²) >= 11 is 0. The van der Waals surface area contributed by atoms with Crippen molar-refractivity contribution in [2.24, 2.45) is 0 Å². The van der Waals surface area contributed by atoms with Gasteiger partial charge in [-0.25, -0.2) is 0 Å². The van der Waals surface area contributed by atoms with Gasteiger partial charge < -0.3 is 0 Å². The van der Waals surface area contributed by atoms with Crippen molar-refractivity contribution in [1.29, 1.82) is 0 Å². The third-order valence-corrected chi connectivity index (χ3v) is 2.77. The van der Waals surface area contributed by atoms with Crippen LogP contribution in [0.25, 0.3) is 22.3 Å². The fourth-order valence-corrected chi connectivity index (χ4v) is 1.84. The molecule has 3 rings (SSSR count). The second-order valence-electron chi connectivity index (χ2n) is 3.93. The van der Waals surface area contributed by atoms with E-state index in [9.17, 15) is 0 Å². The van der Waals surface area contributed by atoms with E-state index in [2.05, 4.69) is 21.0 Å². The molecule has 0 aliphatic carbocycles. The normalized spacial score (nSPS) is 10.2. The lowest BCUT2D eigenvalue weighted by Gasteiger charge is -2.04. The molecule has 0 atom stereocenters. The van der Waals surface area contributed by atoms with Crippen LogP contribution in [0.4, 0.5) is 0 Å². The predicted octanol–water partition coefficient (Wildman–Crippen LogP) is 3.21. The molecule has 3 heterocycles. The minimum Gasteiger partial charge on any atom is -0.265 e. The molecule has 0 saturated heterocycles. The lowest BCUT2D eigenvalue weighted by atomic mass is 10.0. The Morgan fingerprint density at radius 1 is 0.500 bits per heavy atom. The Bertz CT molecular complexity index is 581. The maximum Gasteiger partial charge on any atom is 0.0346 e. The summed E-state index contributed by atoms with van der Waals surface area (Å²) in [5.41, 5.74) is 4.42. The molecule has 0 aliphatic rings. The number of aromatic nitrogens is 3. The van der Waals surface area contributed by atoms with Gasteiger partial charge in [-0.3, -0.25) is 15.0 Å². The summed E-state index contributed by atoms with van der Waals surface area (Å²) in [5.74, 6) is 0. The molecule has 86 valence electrons. The first-order valence-corrected chi connectivity index (χ1v) is 5.69. The monoisotopic (exact) mass is 233 g/mol. The van der Waals surface area contributed by atoms with Crippen LogP contribution in [0, 0.1) is 0 Å². The minimum absolute atomic E-state index is 1.09. The van der Waals surface area contributed by atoms with Crippen LogP contribution in [0.3, 0.4) is 0 Å². The number of hydrogen-bond donors (Lipinski definition) is 0. The number of rotatable bonds is 2. The van der Waals surface area contributed by atoms with Crippen LogP contribution in [0.2, 0.25) is 0 Å². The summed E-state index contributed by atoms with van der Waals surface area (Å²) in [7, 11) is 0. The van der Waals surface area contributed by atoms with Crippen molar-refractivity contribution in [2.45, 2.75) is 0 Å². The second-order valence-corrected chi connectivity index (χ2v) is 3.93. The molecular formula is C15H11N3. The third kappa shape index (κ3) is 2.11. The van der Waals surface area contributed by atoms with E-state index in [0.29, 0.717) is 0 Å². The van der Waals surface area contributed by atoms with Crippen molar-refractivity contribution in [3.05, 3.63) is 67.5 Å². The molecule has 3 aromatic rings. The molecule has 0 radical (unpaired) electrons. The highest BCUT2D eigenvalue weighted by atomic mass is 14.6. The van der Waals surface area contributed by atoms with Gasteiger partial charge in [0.2, 0.25) is 0 Å². The van der Waals surface area contributed by atoms with E-state index in [1.807, 2.05) is 36.7 Å². The summed E-state index contributed by atoms with van der Waals surface area (Å²) in [6.45, 7) is 0. The zero-order valence-electron chi connectivity index (χ0n) is 9.69. The topological polar surface area (TPSA) is 38.7 Å². The van der Waals surface area contributed by atoms with Crippen molar-refractivity contribution in [1.82, 2.24) is 15.0 Å². The van der Waals surface area contributed by atoms with Crippen LogP contribution in [-0.2, 0) is 0 Å². The van der Waals surface area contributed by atoms with E-state index in [0.717, 1.165) is 22.3 Å². The lowest BCUT2D eigenvalue weighted by molar-refractivity contribution is 1.29. The highest BCUT2D eigenvalue weighted by Crippen LogP contribution is 2.24. The van der Waals surface area contributed by atoms with Gasteiger partial charge in [0.15, 0.2) is 0 Å². The lowest BCUT2D eigenvalue weighted by Crippen LogP contribution is -1.84. The summed E-state index contributed by atoms with van der Waals surface area (Å²) in [5, 5.41) is 0. The van der Waals surface area contributed by atoms with Gasteiger partial charge in [-0.15, -0.1) is 0 Å². The summed E-state index contributed by atoms with van der Waals surface area (Å²) in [4.78, 5) is 12.3. The van der Waals surface area contributed by atoms with Gasteiger partial charge in [-0.1, -0.05) is 0 Å². The zero-order chi connectivity index (χ0) is 12.2. The van der Waals surface area contributed by atoms with Crippen molar-refractivity contribution in [2.75, 3.05) is 0 Å². The van der Waals surface area contributed by atoms with Gasteiger partial charge in [0.25, 0.3) is 0 Å². The van der Waals surface area contributed by atoms with Crippen molar-refractivity contribution < 1.29 is 0 Å². The quantitative estimate of drug-likeness (QED) is 0.682. The first kappa shape index (κ1) is 10.6. The van der Waals surface area contributed by atoms with E-state index >= 15 is 0 Å². The molecule has 0 aromatic carbocycles. The van der Waals surface area contributed by atoms with E-state index in [1.165, 1.54) is 0 Å². The Morgan fingerprint density at radius 2 is 0.944 bits per heavy atom. The summed E-state index contributed by atoms with van der Waals surface area (Å²) in [6.07, 6.45) is 10.9. The number of hydrogen-bond acceptors (Lipinski definition) is 3. The van der Waals surface area contributed by atoms with Crippen LogP contribution < -0.4 is 0 Å². The predicted molar refractivity (Wildman–Crippen MR) is 70.7 cm³/mol. The molecule has 0 aliphatic heterocycles. The molecule has 3 aromatic heterocycles. The van der Waals surface area contributed by atoms with E-state index in [1.54, 1.807) is 24.8 Å². The fraction of sp³-hybridized carbons (Fsp3) is 0. The van der Waals surface area contributed by atoms with Crippen LogP contribution in [-0.4, -0.2) is 15.0 Å². The van der Waals surface area contributed by atoms with Crippen LogP contribution in [0.1, 0.15) is 0 Å². The van der Waals surface area contributed by atoms with E-state index < -0.39 is 0 Å². The maximum atomic E-state index is 4.30. The van der Waals surface area contributed by atoms with Crippen LogP contribution >= 0.6 is 0 Å². The van der Waals surface area contributed by atoms with E-state index in [-0.39, 0.29) is 0 Å². The molecule has 0 spiro atoms. The summed E-state index contributed by atoms with van der Waals surface area (Å²) < 4.78 is 0. The SMILES string of the molecule is c1cc(-c2cncc(-c3ccncc3)c2)ccn1. The first-order chi connectivity index (χ1) is 8.93. The molecular weight excluding hydrogens is 222 g/mol. The molecule has 0 unspecified atom stereocenters. The first-order valence-electron chi connectivity index (χ1n) is 5.69. The Morgan fingerprint density at radius 3 is 1.39 bits per heavy atom. The number of pyridine rings is 3. The highest BCUT2D eigenvalue weighted by molar-refractivity contribution is 5.71. The zero-order valence-corrected chi connectivity index (χ0v) is 9.69. The fourth-order valence-electron chi connectivity index (χ4n) is 1.84. The molecule has 0 bridgehead atoms. The maximum absolute atomic E-state index is 4.30. The average Bonchev–Trinajstić information content (AvgIpc) is 2.49. The van der Waals surface area contributed by atoms with Crippen molar-refractivity contribution in [3.63, 3.8) is 0 Å². The van der Waals surface area contributed by atoms with Crippen LogP contribution in [0.5, 0.6) is 0 Å². The minimum atomic E-state index is 1.09. The van der Waals surface area contributed by atoms with Gasteiger partial charge in [0.1, 0.15) is 0 Å². The molecule has 0 amide bonds. The Kier molecular flexibility index (Phi) is 2.80. The Labute approximate surface area is 105 Å². The van der Waals surface area contributed by atoms with Crippen molar-refractivity contribution >= 4 is 0 Å². The number of nitrogens with zero attached hydrogens (tertiary/aromatic N) is 3. The summed E-state index contributed by atoms with van der Waals surface area (Å²) in [6, 6.07) is 10.0. The highest BCUT2D eigenvalue weighted by Gasteiger charge is 2.01. The van der Waals surface area contributed by atoms with Gasteiger partial charge in [0.05, 0.1) is 0 Å². The van der Waals surface area contributed by atoms with E-state index in [4.69, 9.17) is 0 Å². The average molecular weight is 233 g/mol. The smallest absolute Gasteiger partial charge is 0.0346 e. The Hall–Kier alpha value is -2.55. The van der Waals surface area contributed by atoms with Crippen LogP contribution in [0.15, 0.2) is 67.5 Å². The Balaban J connectivity index is 2.05. The van der Waals surface area contributed by atoms with Gasteiger partial charge in [0, 0.05) is 48.3 Å². The molecule has 0 saturated carbocycles. The third-order valence-electron chi connectivity index (χ3n) is 2.77. The molecule has 3 heteroatoms. The van der Waals surface area contributed by atoms with Gasteiger partial charge in [-0.05, 0) is 41.5 Å². The molecule has 0 fully saturated rings. The van der Waals surface area contributed by atoms with Gasteiger partial charge in [-0.2, -0.15) is 0 Å². The largest absolute Gasteiger partial charge is 0.265 e. The molecule has 18 heavy (non-hydrogen) atoms. The van der Waals surface area contributed by atoms with Gasteiger partial charge >= 0.3 is 0 Å². The molecule has 3 nitrogen and oxygen atoms in total. The molecule has 0 N–H and O–H groups in total. The standard InChI is InChI=1S/C15H11N3/c1-5-16-6-2-12(1)14-9-15(11-18-10-14)13-3-7-17-8-4-13/h1-11H. The van der Waals surface area contributed by atoms with Crippen molar-refractivity contribution in [3.8, 4) is 22.3 Å². The second kappa shape index (κ2) is 4.75.